The van der Waals surface area contributed by atoms with Crippen LogP contribution in [0.4, 0.5) is 10.1 Å². The number of aryl methyl sites for hydroxylation is 2. The fraction of sp³-hybridized carbons (Fsp3) is 0.158. The zero-order chi connectivity index (χ0) is 19.1. The molecule has 5 nitrogen and oxygen atoms in total. The number of pyridine rings is 1. The van der Waals surface area contributed by atoms with E-state index in [4.69, 9.17) is 0 Å². The summed E-state index contributed by atoms with van der Waals surface area (Å²) in [7, 11) is -3.51. The van der Waals surface area contributed by atoms with E-state index in [1.807, 2.05) is 25.1 Å². The van der Waals surface area contributed by atoms with Crippen molar-refractivity contribution in [1.82, 2.24) is 4.98 Å². The molecule has 0 aliphatic rings. The number of anilines is 1. The van der Waals surface area contributed by atoms with Crippen LogP contribution < -0.4 is 5.32 Å². The van der Waals surface area contributed by atoms with Gasteiger partial charge >= 0.3 is 0 Å². The van der Waals surface area contributed by atoms with E-state index in [0.717, 1.165) is 40.9 Å². The molecule has 0 radical (unpaired) electrons. The van der Waals surface area contributed by atoms with Crippen molar-refractivity contribution in [2.75, 3.05) is 11.6 Å². The van der Waals surface area contributed by atoms with Gasteiger partial charge in [0.1, 0.15) is 5.82 Å². The van der Waals surface area contributed by atoms with Gasteiger partial charge < -0.3 is 5.32 Å². The molecular formula is C19H17FN2O3S. The van der Waals surface area contributed by atoms with Crippen molar-refractivity contribution in [1.29, 1.82) is 0 Å². The van der Waals surface area contributed by atoms with Gasteiger partial charge in [-0.1, -0.05) is 11.6 Å². The Morgan fingerprint density at radius 1 is 1.08 bits per heavy atom. The molecule has 7 heteroatoms. The Kier molecular flexibility index (Phi) is 4.50. The third-order valence-electron chi connectivity index (χ3n) is 4.02. The molecule has 0 fully saturated rings. The van der Waals surface area contributed by atoms with Gasteiger partial charge in [-0.25, -0.2) is 12.8 Å². The minimum Gasteiger partial charge on any atom is -0.319 e. The standard InChI is InChI=1S/C19H17FN2O3S/c1-11-4-7-17-13(8-11)9-15(12(2)21-17)19(23)22-18-10-14(26(3,24)25)5-6-16(18)20/h4-10H,1-3H3,(H,22,23). The number of carbonyl (C=O) groups excluding carboxylic acids is 1. The zero-order valence-electron chi connectivity index (χ0n) is 14.5. The summed E-state index contributed by atoms with van der Waals surface area (Å²) in [6.45, 7) is 3.63. The highest BCUT2D eigenvalue weighted by Crippen LogP contribution is 2.22. The van der Waals surface area contributed by atoms with E-state index in [2.05, 4.69) is 10.3 Å². The summed E-state index contributed by atoms with van der Waals surface area (Å²) in [6.07, 6.45) is 1.02. The fourth-order valence-corrected chi connectivity index (χ4v) is 3.29. The largest absolute Gasteiger partial charge is 0.319 e. The molecule has 1 heterocycles. The average Bonchev–Trinajstić information content (AvgIpc) is 2.55. The van der Waals surface area contributed by atoms with Crippen molar-refractivity contribution in [3.8, 4) is 0 Å². The molecule has 0 aliphatic heterocycles. The van der Waals surface area contributed by atoms with Crippen molar-refractivity contribution in [2.24, 2.45) is 0 Å². The quantitative estimate of drug-likeness (QED) is 0.712. The molecule has 134 valence electrons. The second kappa shape index (κ2) is 6.49. The van der Waals surface area contributed by atoms with E-state index in [-0.39, 0.29) is 10.6 Å². The molecular weight excluding hydrogens is 355 g/mol. The summed E-state index contributed by atoms with van der Waals surface area (Å²) in [5, 5.41) is 3.24. The summed E-state index contributed by atoms with van der Waals surface area (Å²) in [6, 6.07) is 10.7. The van der Waals surface area contributed by atoms with Crippen molar-refractivity contribution < 1.29 is 17.6 Å². The maximum Gasteiger partial charge on any atom is 0.257 e. The van der Waals surface area contributed by atoms with Gasteiger partial charge in [-0.15, -0.1) is 0 Å². The van der Waals surface area contributed by atoms with Gasteiger partial charge in [0.05, 0.1) is 27.4 Å². The van der Waals surface area contributed by atoms with Crippen LogP contribution in [0.1, 0.15) is 21.6 Å². The second-order valence-corrected chi connectivity index (χ2v) is 8.20. The van der Waals surface area contributed by atoms with Crippen LogP contribution in [0, 0.1) is 19.7 Å². The number of fused-ring (bicyclic) bond motifs is 1. The number of nitrogens with one attached hydrogen (secondary N) is 1. The number of hydrogen-bond donors (Lipinski definition) is 1. The molecule has 2 aromatic carbocycles. The van der Waals surface area contributed by atoms with Crippen molar-refractivity contribution in [3.63, 3.8) is 0 Å². The van der Waals surface area contributed by atoms with Crippen LogP contribution in [0.25, 0.3) is 10.9 Å². The molecule has 0 unspecified atom stereocenters. The molecule has 0 spiro atoms. The zero-order valence-corrected chi connectivity index (χ0v) is 15.3. The van der Waals surface area contributed by atoms with Gasteiger partial charge in [-0.3, -0.25) is 9.78 Å². The van der Waals surface area contributed by atoms with E-state index in [0.29, 0.717) is 11.3 Å². The molecule has 0 saturated carbocycles. The van der Waals surface area contributed by atoms with Gasteiger partial charge in [-0.2, -0.15) is 0 Å². The summed E-state index contributed by atoms with van der Waals surface area (Å²) in [5.74, 6) is -1.27. The number of aromatic nitrogens is 1. The highest BCUT2D eigenvalue weighted by Gasteiger charge is 2.16. The maximum absolute atomic E-state index is 14.0. The first-order valence-electron chi connectivity index (χ1n) is 7.84. The van der Waals surface area contributed by atoms with Crippen LogP contribution in [0.15, 0.2) is 47.4 Å². The summed E-state index contributed by atoms with van der Waals surface area (Å²) in [5.41, 5.74) is 2.39. The van der Waals surface area contributed by atoms with Crippen LogP contribution in [0.5, 0.6) is 0 Å². The Labute approximate surface area is 150 Å². The monoisotopic (exact) mass is 372 g/mol. The summed E-state index contributed by atoms with van der Waals surface area (Å²) >= 11 is 0. The number of nitrogens with zero attached hydrogens (tertiary/aromatic N) is 1. The first-order valence-corrected chi connectivity index (χ1v) is 9.73. The number of sulfone groups is 1. The molecule has 3 rings (SSSR count). The number of hydrogen-bond acceptors (Lipinski definition) is 4. The van der Waals surface area contributed by atoms with Crippen molar-refractivity contribution in [3.05, 3.63) is 65.1 Å². The Hall–Kier alpha value is -2.80. The van der Waals surface area contributed by atoms with E-state index < -0.39 is 21.6 Å². The number of benzene rings is 2. The van der Waals surface area contributed by atoms with Crippen LogP contribution in [0.2, 0.25) is 0 Å². The summed E-state index contributed by atoms with van der Waals surface area (Å²) < 4.78 is 37.3. The highest BCUT2D eigenvalue weighted by atomic mass is 32.2. The average molecular weight is 372 g/mol. The molecule has 0 aliphatic carbocycles. The van der Waals surface area contributed by atoms with E-state index in [9.17, 15) is 17.6 Å². The highest BCUT2D eigenvalue weighted by molar-refractivity contribution is 7.90. The third-order valence-corrected chi connectivity index (χ3v) is 5.13. The molecule has 0 saturated heterocycles. The molecule has 0 atom stereocenters. The molecule has 26 heavy (non-hydrogen) atoms. The third kappa shape index (κ3) is 3.57. The minimum absolute atomic E-state index is 0.0711. The van der Waals surface area contributed by atoms with Crippen LogP contribution in [-0.4, -0.2) is 25.6 Å². The fourth-order valence-electron chi connectivity index (χ4n) is 2.64. The van der Waals surface area contributed by atoms with Gasteiger partial charge in [0.15, 0.2) is 9.84 Å². The van der Waals surface area contributed by atoms with Gasteiger partial charge in [0.25, 0.3) is 5.91 Å². The van der Waals surface area contributed by atoms with Crippen LogP contribution in [-0.2, 0) is 9.84 Å². The van der Waals surface area contributed by atoms with Crippen molar-refractivity contribution >= 4 is 32.3 Å². The molecule has 1 amide bonds. The van der Waals surface area contributed by atoms with Crippen LogP contribution in [0.3, 0.4) is 0 Å². The lowest BCUT2D eigenvalue weighted by Crippen LogP contribution is -2.15. The smallest absolute Gasteiger partial charge is 0.257 e. The lowest BCUT2D eigenvalue weighted by molar-refractivity contribution is 0.102. The molecule has 3 aromatic rings. The minimum atomic E-state index is -3.51. The molecule has 1 N–H and O–H groups in total. The first-order chi connectivity index (χ1) is 12.1. The van der Waals surface area contributed by atoms with Gasteiger partial charge in [0, 0.05) is 11.6 Å². The van der Waals surface area contributed by atoms with Gasteiger partial charge in [0.2, 0.25) is 0 Å². The number of amides is 1. The van der Waals surface area contributed by atoms with Crippen LogP contribution >= 0.6 is 0 Å². The topological polar surface area (TPSA) is 76.1 Å². The summed E-state index contributed by atoms with van der Waals surface area (Å²) in [4.78, 5) is 16.9. The lowest BCUT2D eigenvalue weighted by Gasteiger charge is -2.11. The first kappa shape index (κ1) is 18.0. The Morgan fingerprint density at radius 3 is 2.50 bits per heavy atom. The van der Waals surface area contributed by atoms with Gasteiger partial charge in [-0.05, 0) is 50.2 Å². The Bertz CT molecular complexity index is 1140. The maximum atomic E-state index is 14.0. The lowest BCUT2D eigenvalue weighted by atomic mass is 10.1. The normalized spacial score (nSPS) is 11.5. The van der Waals surface area contributed by atoms with E-state index in [1.165, 1.54) is 0 Å². The molecule has 1 aromatic heterocycles. The van der Waals surface area contributed by atoms with E-state index >= 15 is 0 Å². The second-order valence-electron chi connectivity index (χ2n) is 6.19. The number of rotatable bonds is 3. The Morgan fingerprint density at radius 2 is 1.81 bits per heavy atom. The SMILES string of the molecule is Cc1ccc2nc(C)c(C(=O)Nc3cc(S(C)(=O)=O)ccc3F)cc2c1. The number of carbonyl (C=O) groups is 1. The van der Waals surface area contributed by atoms with E-state index in [1.54, 1.807) is 13.0 Å². The number of halogens is 1. The molecule has 0 bridgehead atoms. The predicted molar refractivity (Wildman–Crippen MR) is 98.7 cm³/mol. The van der Waals surface area contributed by atoms with Crippen molar-refractivity contribution in [2.45, 2.75) is 18.7 Å². The Balaban J connectivity index is 2.01. The predicted octanol–water partition coefficient (Wildman–Crippen LogP) is 3.65.